The molecule has 0 aliphatic carbocycles. The number of para-hydroxylation sites is 1. The van der Waals surface area contributed by atoms with Gasteiger partial charge in [0.2, 0.25) is 0 Å². The van der Waals surface area contributed by atoms with E-state index in [9.17, 15) is 9.59 Å². The van der Waals surface area contributed by atoms with E-state index >= 15 is 0 Å². The van der Waals surface area contributed by atoms with E-state index in [1.54, 1.807) is 11.1 Å². The van der Waals surface area contributed by atoms with Gasteiger partial charge < -0.3 is 15.3 Å². The van der Waals surface area contributed by atoms with Crippen LogP contribution in [0.4, 0.5) is 10.5 Å². The lowest BCUT2D eigenvalue weighted by Gasteiger charge is -2.17. The summed E-state index contributed by atoms with van der Waals surface area (Å²) in [4.78, 5) is 25.0. The Morgan fingerprint density at radius 3 is 2.76 bits per heavy atom. The van der Waals surface area contributed by atoms with Gasteiger partial charge in [-0.25, -0.2) is 9.48 Å². The van der Waals surface area contributed by atoms with Gasteiger partial charge in [-0.05, 0) is 31.4 Å². The summed E-state index contributed by atoms with van der Waals surface area (Å²) in [6, 6.07) is 7.67. The SMILES string of the molecule is CCc1c(NC(=O)N2CCC(C(=O)O)C2)cnn1-c1ccccc1C. The summed E-state index contributed by atoms with van der Waals surface area (Å²) in [5, 5.41) is 16.4. The Labute approximate surface area is 146 Å². The molecule has 1 atom stereocenters. The predicted molar refractivity (Wildman–Crippen MR) is 94.0 cm³/mol. The summed E-state index contributed by atoms with van der Waals surface area (Å²) in [5.41, 5.74) is 3.65. The van der Waals surface area contributed by atoms with Crippen LogP contribution in [0.2, 0.25) is 0 Å². The van der Waals surface area contributed by atoms with Crippen molar-refractivity contribution in [2.24, 2.45) is 5.92 Å². The number of carboxylic acids is 1. The zero-order valence-electron chi connectivity index (χ0n) is 14.4. The normalized spacial score (nSPS) is 16.9. The van der Waals surface area contributed by atoms with Crippen LogP contribution >= 0.6 is 0 Å². The number of hydrogen-bond donors (Lipinski definition) is 2. The van der Waals surface area contributed by atoms with Gasteiger partial charge in [0.15, 0.2) is 0 Å². The fourth-order valence-electron chi connectivity index (χ4n) is 3.17. The topological polar surface area (TPSA) is 87.5 Å². The standard InChI is InChI=1S/C18H22N4O3/c1-3-15-14(10-19-22(15)16-7-5-4-6-12(16)2)20-18(25)21-9-8-13(11-21)17(23)24/h4-7,10,13H,3,8-9,11H2,1-2H3,(H,20,25)(H,23,24). The molecule has 1 fully saturated rings. The molecule has 7 heteroatoms. The first-order chi connectivity index (χ1) is 12.0. The molecule has 1 unspecified atom stereocenters. The number of urea groups is 1. The van der Waals surface area contributed by atoms with Gasteiger partial charge in [-0.1, -0.05) is 25.1 Å². The Balaban J connectivity index is 1.79. The van der Waals surface area contributed by atoms with Crippen molar-refractivity contribution >= 4 is 17.7 Å². The van der Waals surface area contributed by atoms with Crippen molar-refractivity contribution in [2.45, 2.75) is 26.7 Å². The quantitative estimate of drug-likeness (QED) is 0.894. The minimum absolute atomic E-state index is 0.245. The Hall–Kier alpha value is -2.83. The molecule has 2 N–H and O–H groups in total. The van der Waals surface area contributed by atoms with E-state index in [-0.39, 0.29) is 12.6 Å². The molecule has 7 nitrogen and oxygen atoms in total. The zero-order valence-corrected chi connectivity index (χ0v) is 14.4. The second-order valence-electron chi connectivity index (χ2n) is 6.26. The average molecular weight is 342 g/mol. The van der Waals surface area contributed by atoms with E-state index in [1.165, 1.54) is 0 Å². The molecule has 0 saturated carbocycles. The number of carbonyl (C=O) groups is 2. The highest BCUT2D eigenvalue weighted by Gasteiger charge is 2.31. The van der Waals surface area contributed by atoms with E-state index in [0.717, 1.165) is 16.9 Å². The lowest BCUT2D eigenvalue weighted by Crippen LogP contribution is -2.34. The van der Waals surface area contributed by atoms with E-state index in [4.69, 9.17) is 5.11 Å². The van der Waals surface area contributed by atoms with Crippen molar-refractivity contribution in [3.63, 3.8) is 0 Å². The molecule has 2 amide bonds. The summed E-state index contributed by atoms with van der Waals surface area (Å²) in [6.07, 6.45) is 2.85. The Kier molecular flexibility index (Phi) is 4.74. The van der Waals surface area contributed by atoms with Crippen molar-refractivity contribution in [1.29, 1.82) is 0 Å². The molecule has 132 valence electrons. The van der Waals surface area contributed by atoms with Crippen molar-refractivity contribution in [3.8, 4) is 5.69 Å². The van der Waals surface area contributed by atoms with E-state index in [2.05, 4.69) is 10.4 Å². The zero-order chi connectivity index (χ0) is 18.0. The van der Waals surface area contributed by atoms with Crippen molar-refractivity contribution < 1.29 is 14.7 Å². The summed E-state index contributed by atoms with van der Waals surface area (Å²) < 4.78 is 1.84. The predicted octanol–water partition coefficient (Wildman–Crippen LogP) is 2.68. The third-order valence-electron chi connectivity index (χ3n) is 4.61. The molecule has 1 saturated heterocycles. The number of nitrogens with zero attached hydrogens (tertiary/aromatic N) is 3. The van der Waals surface area contributed by atoms with Crippen molar-refractivity contribution in [3.05, 3.63) is 41.7 Å². The molecule has 1 aromatic heterocycles. The summed E-state index contributed by atoms with van der Waals surface area (Å²) in [5.74, 6) is -1.33. The van der Waals surface area contributed by atoms with Gasteiger partial charge in [0, 0.05) is 13.1 Å². The number of nitrogens with one attached hydrogen (secondary N) is 1. The molecular weight excluding hydrogens is 320 g/mol. The summed E-state index contributed by atoms with van der Waals surface area (Å²) in [7, 11) is 0. The minimum atomic E-state index is -0.850. The fourth-order valence-corrected chi connectivity index (χ4v) is 3.17. The molecular formula is C18H22N4O3. The number of anilines is 1. The molecule has 3 rings (SSSR count). The fraction of sp³-hybridized carbons (Fsp3) is 0.389. The smallest absolute Gasteiger partial charge is 0.321 e. The van der Waals surface area contributed by atoms with Gasteiger partial charge in [-0.3, -0.25) is 4.79 Å². The van der Waals surface area contributed by atoms with Gasteiger partial charge in [0.25, 0.3) is 0 Å². The second kappa shape index (κ2) is 6.96. The van der Waals surface area contributed by atoms with Crippen LogP contribution in [0.3, 0.4) is 0 Å². The maximum atomic E-state index is 12.4. The largest absolute Gasteiger partial charge is 0.481 e. The van der Waals surface area contributed by atoms with Crippen LogP contribution in [0.1, 0.15) is 24.6 Å². The third-order valence-corrected chi connectivity index (χ3v) is 4.61. The highest BCUT2D eigenvalue weighted by molar-refractivity contribution is 5.90. The first kappa shape index (κ1) is 17.0. The molecule has 1 aromatic carbocycles. The van der Waals surface area contributed by atoms with Crippen LogP contribution in [-0.2, 0) is 11.2 Å². The highest BCUT2D eigenvalue weighted by Crippen LogP contribution is 2.23. The molecule has 2 aromatic rings. The van der Waals surface area contributed by atoms with Gasteiger partial charge >= 0.3 is 12.0 Å². The van der Waals surface area contributed by atoms with E-state index in [1.807, 2.05) is 42.8 Å². The molecule has 2 heterocycles. The monoisotopic (exact) mass is 342 g/mol. The lowest BCUT2D eigenvalue weighted by atomic mass is 10.1. The third kappa shape index (κ3) is 3.35. The number of rotatable bonds is 4. The molecule has 0 bridgehead atoms. The lowest BCUT2D eigenvalue weighted by molar-refractivity contribution is -0.141. The van der Waals surface area contributed by atoms with Crippen LogP contribution < -0.4 is 5.32 Å². The van der Waals surface area contributed by atoms with Gasteiger partial charge in [-0.2, -0.15) is 5.10 Å². The van der Waals surface area contributed by atoms with Crippen LogP contribution in [0.15, 0.2) is 30.5 Å². The van der Waals surface area contributed by atoms with Gasteiger partial charge in [0.05, 0.1) is 29.2 Å². The number of likely N-dealkylation sites (tertiary alicyclic amines) is 1. The summed E-state index contributed by atoms with van der Waals surface area (Å²) >= 11 is 0. The highest BCUT2D eigenvalue weighted by atomic mass is 16.4. The van der Waals surface area contributed by atoms with Gasteiger partial charge in [-0.15, -0.1) is 0 Å². The molecule has 1 aliphatic rings. The number of aromatic nitrogens is 2. The molecule has 25 heavy (non-hydrogen) atoms. The Morgan fingerprint density at radius 1 is 1.36 bits per heavy atom. The molecule has 0 spiro atoms. The maximum absolute atomic E-state index is 12.4. The minimum Gasteiger partial charge on any atom is -0.481 e. The van der Waals surface area contributed by atoms with Crippen LogP contribution in [0, 0.1) is 12.8 Å². The average Bonchev–Trinajstić information content (AvgIpc) is 3.22. The van der Waals surface area contributed by atoms with Gasteiger partial charge in [0.1, 0.15) is 0 Å². The maximum Gasteiger partial charge on any atom is 0.321 e. The first-order valence-electron chi connectivity index (χ1n) is 8.43. The molecule has 0 radical (unpaired) electrons. The Bertz CT molecular complexity index is 799. The number of hydrogen-bond acceptors (Lipinski definition) is 3. The van der Waals surface area contributed by atoms with Crippen molar-refractivity contribution in [1.82, 2.24) is 14.7 Å². The number of aliphatic carboxylic acids is 1. The van der Waals surface area contributed by atoms with Crippen LogP contribution in [0.5, 0.6) is 0 Å². The summed E-state index contributed by atoms with van der Waals surface area (Å²) in [6.45, 7) is 4.73. The number of carbonyl (C=O) groups excluding carboxylic acids is 1. The Morgan fingerprint density at radius 2 is 2.12 bits per heavy atom. The molecule has 1 aliphatic heterocycles. The van der Waals surface area contributed by atoms with Crippen LogP contribution in [0.25, 0.3) is 5.69 Å². The van der Waals surface area contributed by atoms with Crippen molar-refractivity contribution in [2.75, 3.05) is 18.4 Å². The number of amides is 2. The number of benzene rings is 1. The van der Waals surface area contributed by atoms with E-state index < -0.39 is 11.9 Å². The number of aryl methyl sites for hydroxylation is 1. The van der Waals surface area contributed by atoms with Crippen LogP contribution in [-0.4, -0.2) is 44.9 Å². The first-order valence-corrected chi connectivity index (χ1v) is 8.43. The number of carboxylic acid groups (broad SMARTS) is 1. The second-order valence-corrected chi connectivity index (χ2v) is 6.26. The van der Waals surface area contributed by atoms with E-state index in [0.29, 0.717) is 25.1 Å².